The number of benzene rings is 1. The lowest BCUT2D eigenvalue weighted by atomic mass is 10.1. The second kappa shape index (κ2) is 6.57. The molecular weight excluding hydrogens is 322 g/mol. The van der Waals surface area contributed by atoms with E-state index in [1.54, 1.807) is 7.11 Å². The zero-order valence-electron chi connectivity index (χ0n) is 14.1. The van der Waals surface area contributed by atoms with Crippen molar-refractivity contribution in [1.82, 2.24) is 9.97 Å². The molecular formula is C18H19N3O2S. The molecule has 3 rings (SSSR count). The number of hydrogen-bond acceptors (Lipinski definition) is 5. The van der Waals surface area contributed by atoms with Crippen molar-refractivity contribution in [2.24, 2.45) is 0 Å². The molecule has 124 valence electrons. The summed E-state index contributed by atoms with van der Waals surface area (Å²) in [5.41, 5.74) is 2.49. The van der Waals surface area contributed by atoms with Gasteiger partial charge >= 0.3 is 0 Å². The molecule has 0 fully saturated rings. The maximum atomic E-state index is 12.7. The second-order valence-electron chi connectivity index (χ2n) is 5.47. The van der Waals surface area contributed by atoms with E-state index in [4.69, 9.17) is 4.74 Å². The van der Waals surface area contributed by atoms with E-state index in [2.05, 4.69) is 15.3 Å². The minimum absolute atomic E-state index is 0.155. The van der Waals surface area contributed by atoms with E-state index >= 15 is 0 Å². The van der Waals surface area contributed by atoms with Gasteiger partial charge in [-0.2, -0.15) is 0 Å². The maximum absolute atomic E-state index is 12.7. The van der Waals surface area contributed by atoms with Crippen molar-refractivity contribution in [1.29, 1.82) is 0 Å². The fourth-order valence-corrected chi connectivity index (χ4v) is 3.84. The molecule has 0 aliphatic heterocycles. The number of methoxy groups -OCH3 is 1. The minimum Gasteiger partial charge on any atom is -0.495 e. The summed E-state index contributed by atoms with van der Waals surface area (Å²) in [4.78, 5) is 23.3. The zero-order valence-corrected chi connectivity index (χ0v) is 15.0. The molecule has 5 nitrogen and oxygen atoms in total. The fraction of sp³-hybridized carbons (Fsp3) is 0.278. The van der Waals surface area contributed by atoms with Crippen LogP contribution in [0.5, 0.6) is 5.75 Å². The van der Waals surface area contributed by atoms with Gasteiger partial charge in [0.2, 0.25) is 0 Å². The summed E-state index contributed by atoms with van der Waals surface area (Å²) in [6.07, 6.45) is 0.774. The summed E-state index contributed by atoms with van der Waals surface area (Å²) in [5, 5.41) is 3.90. The van der Waals surface area contributed by atoms with Gasteiger partial charge in [0.05, 0.1) is 17.7 Å². The maximum Gasteiger partial charge on any atom is 0.266 e. The standard InChI is InChI=1S/C18H19N3O2S/c1-5-14-19-11(3)15-10(2)16(24-18(15)21-14)17(22)20-12-8-6-7-9-13(12)23-4/h6-9H,5H2,1-4H3,(H,20,22). The highest BCUT2D eigenvalue weighted by Gasteiger charge is 2.19. The Labute approximate surface area is 144 Å². The number of anilines is 1. The summed E-state index contributed by atoms with van der Waals surface area (Å²) >= 11 is 1.40. The van der Waals surface area contributed by atoms with Crippen LogP contribution in [-0.2, 0) is 6.42 Å². The Morgan fingerprint density at radius 3 is 2.71 bits per heavy atom. The molecule has 1 aromatic carbocycles. The number of aromatic nitrogens is 2. The predicted octanol–water partition coefficient (Wildman–Crippen LogP) is 4.13. The molecule has 0 atom stereocenters. The molecule has 3 aromatic rings. The van der Waals surface area contributed by atoms with Crippen molar-refractivity contribution in [3.8, 4) is 5.75 Å². The first-order valence-corrected chi connectivity index (χ1v) is 8.57. The highest BCUT2D eigenvalue weighted by Crippen LogP contribution is 2.32. The molecule has 0 radical (unpaired) electrons. The highest BCUT2D eigenvalue weighted by molar-refractivity contribution is 7.20. The van der Waals surface area contributed by atoms with Gasteiger partial charge in [0, 0.05) is 17.5 Å². The number of ether oxygens (including phenoxy) is 1. The number of carbonyl (C=O) groups excluding carboxylic acids is 1. The number of rotatable bonds is 4. The fourth-order valence-electron chi connectivity index (χ4n) is 2.70. The Kier molecular flexibility index (Phi) is 4.49. The van der Waals surface area contributed by atoms with Gasteiger partial charge in [-0.25, -0.2) is 9.97 Å². The van der Waals surface area contributed by atoms with Crippen molar-refractivity contribution in [3.05, 3.63) is 46.2 Å². The quantitative estimate of drug-likeness (QED) is 0.775. The van der Waals surface area contributed by atoms with Crippen LogP contribution in [-0.4, -0.2) is 23.0 Å². The molecule has 0 bridgehead atoms. The first-order valence-electron chi connectivity index (χ1n) is 7.76. The number of nitrogens with zero attached hydrogens (tertiary/aromatic N) is 2. The Hall–Kier alpha value is -2.47. The van der Waals surface area contributed by atoms with Gasteiger partial charge in [-0.1, -0.05) is 19.1 Å². The van der Waals surface area contributed by atoms with Gasteiger partial charge in [-0.15, -0.1) is 11.3 Å². The molecule has 1 amide bonds. The molecule has 0 aliphatic rings. The molecule has 6 heteroatoms. The third kappa shape index (κ3) is 2.85. The predicted molar refractivity (Wildman–Crippen MR) is 97.2 cm³/mol. The van der Waals surface area contributed by atoms with E-state index < -0.39 is 0 Å². The highest BCUT2D eigenvalue weighted by atomic mass is 32.1. The summed E-state index contributed by atoms with van der Waals surface area (Å²) in [7, 11) is 1.58. The van der Waals surface area contributed by atoms with Gasteiger partial charge in [0.1, 0.15) is 16.4 Å². The lowest BCUT2D eigenvalue weighted by molar-refractivity contribution is 0.102. The van der Waals surface area contributed by atoms with E-state index in [1.165, 1.54) is 11.3 Å². The lowest BCUT2D eigenvalue weighted by Gasteiger charge is -2.09. The number of thiophene rings is 1. The average Bonchev–Trinajstić information content (AvgIpc) is 2.92. The zero-order chi connectivity index (χ0) is 17.3. The van der Waals surface area contributed by atoms with Crippen LogP contribution < -0.4 is 10.1 Å². The summed E-state index contributed by atoms with van der Waals surface area (Å²) in [6, 6.07) is 7.36. The normalized spacial score (nSPS) is 10.8. The van der Waals surface area contributed by atoms with E-state index in [-0.39, 0.29) is 5.91 Å². The van der Waals surface area contributed by atoms with E-state index in [1.807, 2.05) is 45.0 Å². The number of hydrogen-bond donors (Lipinski definition) is 1. The largest absolute Gasteiger partial charge is 0.495 e. The molecule has 0 saturated carbocycles. The molecule has 2 heterocycles. The minimum atomic E-state index is -0.155. The van der Waals surface area contributed by atoms with Crippen LogP contribution >= 0.6 is 11.3 Å². The number of amides is 1. The van der Waals surface area contributed by atoms with Gasteiger partial charge in [-0.3, -0.25) is 4.79 Å². The number of fused-ring (bicyclic) bond motifs is 1. The molecule has 2 aromatic heterocycles. The SMILES string of the molecule is CCc1nc(C)c2c(C)c(C(=O)Nc3ccccc3OC)sc2n1. The van der Waals surface area contributed by atoms with Crippen molar-refractivity contribution >= 4 is 33.1 Å². The first-order chi connectivity index (χ1) is 11.5. The van der Waals surface area contributed by atoms with Crippen molar-refractivity contribution in [2.45, 2.75) is 27.2 Å². The molecule has 1 N–H and O–H groups in total. The Morgan fingerprint density at radius 2 is 2.00 bits per heavy atom. The number of aryl methyl sites for hydroxylation is 3. The van der Waals surface area contributed by atoms with Gasteiger partial charge in [0.15, 0.2) is 0 Å². The summed E-state index contributed by atoms with van der Waals surface area (Å²) in [5.74, 6) is 1.28. The van der Waals surface area contributed by atoms with E-state index in [0.717, 1.165) is 33.7 Å². The third-order valence-corrected chi connectivity index (χ3v) is 5.08. The van der Waals surface area contributed by atoms with Crippen LogP contribution in [0, 0.1) is 13.8 Å². The van der Waals surface area contributed by atoms with E-state index in [0.29, 0.717) is 16.3 Å². The van der Waals surface area contributed by atoms with Crippen molar-refractivity contribution in [2.75, 3.05) is 12.4 Å². The smallest absolute Gasteiger partial charge is 0.266 e. The monoisotopic (exact) mass is 341 g/mol. The number of nitrogens with one attached hydrogen (secondary N) is 1. The van der Waals surface area contributed by atoms with Crippen LogP contribution in [0.15, 0.2) is 24.3 Å². The van der Waals surface area contributed by atoms with Crippen LogP contribution in [0.25, 0.3) is 10.2 Å². The van der Waals surface area contributed by atoms with Crippen molar-refractivity contribution in [3.63, 3.8) is 0 Å². The van der Waals surface area contributed by atoms with Crippen LogP contribution in [0.3, 0.4) is 0 Å². The number of carbonyl (C=O) groups is 1. The van der Waals surface area contributed by atoms with Crippen molar-refractivity contribution < 1.29 is 9.53 Å². The molecule has 0 saturated heterocycles. The lowest BCUT2D eigenvalue weighted by Crippen LogP contribution is -2.12. The number of para-hydroxylation sites is 2. The Balaban J connectivity index is 2.01. The molecule has 0 unspecified atom stereocenters. The third-order valence-electron chi connectivity index (χ3n) is 3.89. The van der Waals surface area contributed by atoms with Crippen LogP contribution in [0.4, 0.5) is 5.69 Å². The topological polar surface area (TPSA) is 64.1 Å². The summed E-state index contributed by atoms with van der Waals surface area (Å²) in [6.45, 7) is 5.93. The average molecular weight is 341 g/mol. The summed E-state index contributed by atoms with van der Waals surface area (Å²) < 4.78 is 5.29. The van der Waals surface area contributed by atoms with Gasteiger partial charge in [-0.05, 0) is 31.5 Å². The Bertz CT molecular complexity index is 918. The van der Waals surface area contributed by atoms with Crippen LogP contribution in [0.1, 0.15) is 33.7 Å². The molecule has 0 aliphatic carbocycles. The first kappa shape index (κ1) is 16.4. The van der Waals surface area contributed by atoms with Crippen LogP contribution in [0.2, 0.25) is 0 Å². The van der Waals surface area contributed by atoms with Gasteiger partial charge in [0.25, 0.3) is 5.91 Å². The Morgan fingerprint density at radius 1 is 1.25 bits per heavy atom. The van der Waals surface area contributed by atoms with Gasteiger partial charge < -0.3 is 10.1 Å². The molecule has 24 heavy (non-hydrogen) atoms. The molecule has 0 spiro atoms. The second-order valence-corrected chi connectivity index (χ2v) is 6.47. The van der Waals surface area contributed by atoms with E-state index in [9.17, 15) is 4.79 Å².